The number of rotatable bonds is 5. The molecule has 21 heavy (non-hydrogen) atoms. The Morgan fingerprint density at radius 3 is 2.86 bits per heavy atom. The first-order valence-corrected chi connectivity index (χ1v) is 6.96. The third kappa shape index (κ3) is 2.86. The number of ether oxygens (including phenoxy) is 1. The number of esters is 1. The van der Waals surface area contributed by atoms with Crippen LogP contribution < -0.4 is 10.6 Å². The first-order chi connectivity index (χ1) is 10.2. The molecule has 3 rings (SSSR count). The third-order valence-corrected chi connectivity index (χ3v) is 3.67. The highest BCUT2D eigenvalue weighted by atomic mass is 16.5. The molecular weight excluding hydrogens is 268 g/mol. The second kappa shape index (κ2) is 5.52. The minimum absolute atomic E-state index is 0.403. The molecule has 1 aliphatic rings. The van der Waals surface area contributed by atoms with E-state index in [-0.39, 0.29) is 0 Å². The number of carbonyl (C=O) groups excluding carboxylic acids is 1. The molecule has 5 heteroatoms. The maximum absolute atomic E-state index is 11.8. The van der Waals surface area contributed by atoms with Crippen molar-refractivity contribution in [1.82, 2.24) is 0 Å². The summed E-state index contributed by atoms with van der Waals surface area (Å²) in [4.78, 5) is 14.0. The molecule has 110 valence electrons. The van der Waals surface area contributed by atoms with Gasteiger partial charge >= 0.3 is 5.97 Å². The van der Waals surface area contributed by atoms with Gasteiger partial charge in [0.1, 0.15) is 5.76 Å². The summed E-state index contributed by atoms with van der Waals surface area (Å²) < 4.78 is 10.2. The minimum Gasteiger partial charge on any atom is -0.467 e. The van der Waals surface area contributed by atoms with E-state index in [1.807, 2.05) is 18.2 Å². The van der Waals surface area contributed by atoms with Crippen LogP contribution in [-0.2, 0) is 11.3 Å². The quantitative estimate of drug-likeness (QED) is 0.676. The lowest BCUT2D eigenvalue weighted by Crippen LogP contribution is -2.25. The lowest BCUT2D eigenvalue weighted by molar-refractivity contribution is 0.0602. The van der Waals surface area contributed by atoms with Crippen molar-refractivity contribution in [2.45, 2.75) is 25.4 Å². The predicted molar refractivity (Wildman–Crippen MR) is 80.1 cm³/mol. The van der Waals surface area contributed by atoms with Gasteiger partial charge in [-0.2, -0.15) is 0 Å². The number of carbonyl (C=O) groups is 1. The molecule has 0 radical (unpaired) electrons. The van der Waals surface area contributed by atoms with E-state index in [0.29, 0.717) is 23.8 Å². The zero-order valence-corrected chi connectivity index (χ0v) is 11.9. The number of nitrogens with zero attached hydrogens (tertiary/aromatic N) is 1. The summed E-state index contributed by atoms with van der Waals surface area (Å²) in [6.07, 6.45) is 3.97. The van der Waals surface area contributed by atoms with Crippen molar-refractivity contribution in [3.63, 3.8) is 0 Å². The molecule has 2 N–H and O–H groups in total. The molecule has 0 aliphatic heterocycles. The van der Waals surface area contributed by atoms with Gasteiger partial charge in [0.25, 0.3) is 0 Å². The second-order valence-electron chi connectivity index (χ2n) is 5.20. The Kier molecular flexibility index (Phi) is 3.56. The lowest BCUT2D eigenvalue weighted by Gasteiger charge is -2.24. The molecule has 0 unspecified atom stereocenters. The number of furan rings is 1. The summed E-state index contributed by atoms with van der Waals surface area (Å²) >= 11 is 0. The SMILES string of the molecule is COC(=O)c1cc(N(Cc2ccco2)C2CC2)ccc1N. The molecule has 1 aliphatic carbocycles. The van der Waals surface area contributed by atoms with Crippen LogP contribution in [0.3, 0.4) is 0 Å². The van der Waals surface area contributed by atoms with Gasteiger partial charge in [0, 0.05) is 17.4 Å². The first-order valence-electron chi connectivity index (χ1n) is 6.96. The van der Waals surface area contributed by atoms with E-state index in [1.165, 1.54) is 7.11 Å². The number of methoxy groups -OCH3 is 1. The van der Waals surface area contributed by atoms with Crippen LogP contribution in [0.15, 0.2) is 41.0 Å². The topological polar surface area (TPSA) is 68.7 Å². The number of benzene rings is 1. The lowest BCUT2D eigenvalue weighted by atomic mass is 10.1. The average Bonchev–Trinajstić information content (AvgIpc) is 3.21. The Bertz CT molecular complexity index is 633. The maximum atomic E-state index is 11.8. The zero-order chi connectivity index (χ0) is 14.8. The van der Waals surface area contributed by atoms with Gasteiger partial charge in [0.15, 0.2) is 0 Å². The van der Waals surface area contributed by atoms with Crippen molar-refractivity contribution in [2.75, 3.05) is 17.7 Å². The van der Waals surface area contributed by atoms with Crippen LogP contribution in [-0.4, -0.2) is 19.1 Å². The first kappa shape index (κ1) is 13.5. The number of hydrogen-bond acceptors (Lipinski definition) is 5. The largest absolute Gasteiger partial charge is 0.467 e. The van der Waals surface area contributed by atoms with Crippen LogP contribution in [0.25, 0.3) is 0 Å². The van der Waals surface area contributed by atoms with Crippen molar-refractivity contribution in [3.8, 4) is 0 Å². The molecule has 1 heterocycles. The molecule has 1 aromatic heterocycles. The molecule has 2 aromatic rings. The molecule has 0 spiro atoms. The smallest absolute Gasteiger partial charge is 0.340 e. The molecule has 5 nitrogen and oxygen atoms in total. The van der Waals surface area contributed by atoms with Crippen LogP contribution in [0.5, 0.6) is 0 Å². The molecule has 1 saturated carbocycles. The van der Waals surface area contributed by atoms with E-state index >= 15 is 0 Å². The second-order valence-corrected chi connectivity index (χ2v) is 5.20. The van der Waals surface area contributed by atoms with Crippen molar-refractivity contribution < 1.29 is 13.9 Å². The summed E-state index contributed by atoms with van der Waals surface area (Å²) in [7, 11) is 1.36. The van der Waals surface area contributed by atoms with Crippen LogP contribution in [0.4, 0.5) is 11.4 Å². The fraction of sp³-hybridized carbons (Fsp3) is 0.312. The van der Waals surface area contributed by atoms with Crippen molar-refractivity contribution in [3.05, 3.63) is 47.9 Å². The van der Waals surface area contributed by atoms with Crippen LogP contribution in [0.2, 0.25) is 0 Å². The van der Waals surface area contributed by atoms with E-state index in [1.54, 1.807) is 18.4 Å². The van der Waals surface area contributed by atoms with Gasteiger partial charge < -0.3 is 19.8 Å². The molecule has 1 fully saturated rings. The van der Waals surface area contributed by atoms with Gasteiger partial charge in [-0.15, -0.1) is 0 Å². The summed E-state index contributed by atoms with van der Waals surface area (Å²) in [6.45, 7) is 0.683. The summed E-state index contributed by atoms with van der Waals surface area (Å²) in [6, 6.07) is 9.80. The number of nitrogens with two attached hydrogens (primary N) is 1. The Morgan fingerprint density at radius 2 is 2.24 bits per heavy atom. The van der Waals surface area contributed by atoms with Crippen molar-refractivity contribution in [2.24, 2.45) is 0 Å². The molecule has 1 aromatic carbocycles. The predicted octanol–water partition coefficient (Wildman–Crippen LogP) is 2.82. The fourth-order valence-corrected chi connectivity index (χ4v) is 2.40. The number of anilines is 2. The van der Waals surface area contributed by atoms with E-state index in [0.717, 1.165) is 24.3 Å². The fourth-order valence-electron chi connectivity index (χ4n) is 2.40. The van der Waals surface area contributed by atoms with Crippen LogP contribution in [0, 0.1) is 0 Å². The van der Waals surface area contributed by atoms with Gasteiger partial charge in [0.2, 0.25) is 0 Å². The number of nitrogen functional groups attached to an aromatic ring is 1. The van der Waals surface area contributed by atoms with Crippen molar-refractivity contribution >= 4 is 17.3 Å². The summed E-state index contributed by atoms with van der Waals surface area (Å²) in [5.41, 5.74) is 7.65. The standard InChI is InChI=1S/C16H18N2O3/c1-20-16(19)14-9-12(6-7-15(14)17)18(11-4-5-11)10-13-3-2-8-21-13/h2-3,6-9,11H,4-5,10,17H2,1H3. The monoisotopic (exact) mass is 286 g/mol. The van der Waals surface area contributed by atoms with E-state index in [4.69, 9.17) is 14.9 Å². The highest BCUT2D eigenvalue weighted by molar-refractivity contribution is 5.96. The minimum atomic E-state index is -0.414. The van der Waals surface area contributed by atoms with E-state index < -0.39 is 5.97 Å². The van der Waals surface area contributed by atoms with Crippen LogP contribution in [0.1, 0.15) is 29.0 Å². The summed E-state index contributed by atoms with van der Waals surface area (Å²) in [5.74, 6) is 0.487. The highest BCUT2D eigenvalue weighted by Gasteiger charge is 2.30. The summed E-state index contributed by atoms with van der Waals surface area (Å²) in [5, 5.41) is 0. The molecule has 0 atom stereocenters. The Hall–Kier alpha value is -2.43. The number of hydrogen-bond donors (Lipinski definition) is 1. The Morgan fingerprint density at radius 1 is 1.43 bits per heavy atom. The average molecular weight is 286 g/mol. The van der Waals surface area contributed by atoms with Gasteiger partial charge in [-0.05, 0) is 43.2 Å². The molecule has 0 amide bonds. The van der Waals surface area contributed by atoms with Gasteiger partial charge in [-0.1, -0.05) is 0 Å². The van der Waals surface area contributed by atoms with E-state index in [9.17, 15) is 4.79 Å². The van der Waals surface area contributed by atoms with E-state index in [2.05, 4.69) is 4.90 Å². The van der Waals surface area contributed by atoms with Gasteiger partial charge in [-0.25, -0.2) is 4.79 Å². The van der Waals surface area contributed by atoms with Gasteiger partial charge in [0.05, 0.1) is 25.5 Å². The van der Waals surface area contributed by atoms with Crippen molar-refractivity contribution in [1.29, 1.82) is 0 Å². The molecule has 0 bridgehead atoms. The van der Waals surface area contributed by atoms with Gasteiger partial charge in [-0.3, -0.25) is 0 Å². The zero-order valence-electron chi connectivity index (χ0n) is 11.9. The third-order valence-electron chi connectivity index (χ3n) is 3.67. The van der Waals surface area contributed by atoms with Crippen LogP contribution >= 0.6 is 0 Å². The Balaban J connectivity index is 1.90. The molecular formula is C16H18N2O3. The Labute approximate surface area is 123 Å². The highest BCUT2D eigenvalue weighted by Crippen LogP contribution is 2.34. The normalized spacial score (nSPS) is 14.0. The molecule has 0 saturated heterocycles. The maximum Gasteiger partial charge on any atom is 0.340 e.